The van der Waals surface area contributed by atoms with Gasteiger partial charge in [-0.2, -0.15) is 15.0 Å². The van der Waals surface area contributed by atoms with Crippen molar-refractivity contribution in [3.05, 3.63) is 65.7 Å². The van der Waals surface area contributed by atoms with E-state index in [1.165, 1.54) is 0 Å². The molecule has 0 unspecified atom stereocenters. The zero-order chi connectivity index (χ0) is 18.6. The lowest BCUT2D eigenvalue weighted by atomic mass is 10.2. The highest BCUT2D eigenvalue weighted by atomic mass is 35.5. The first-order valence-corrected chi connectivity index (χ1v) is 8.68. The summed E-state index contributed by atoms with van der Waals surface area (Å²) in [6, 6.07) is 11.6. The SMILES string of the molecule is Cn1c(OCCc2cnn(-c3cccc(Cl)c3)n2)nnc1-c1ccncc1. The third-order valence-corrected chi connectivity index (χ3v) is 4.18. The molecule has 0 aliphatic carbocycles. The number of aromatic nitrogens is 7. The first-order valence-electron chi connectivity index (χ1n) is 8.30. The van der Waals surface area contributed by atoms with Gasteiger partial charge < -0.3 is 4.74 Å². The Labute approximate surface area is 160 Å². The van der Waals surface area contributed by atoms with E-state index in [-0.39, 0.29) is 0 Å². The molecule has 0 bridgehead atoms. The molecule has 9 heteroatoms. The maximum atomic E-state index is 6.01. The van der Waals surface area contributed by atoms with E-state index in [1.807, 2.05) is 43.4 Å². The van der Waals surface area contributed by atoms with Crippen molar-refractivity contribution >= 4 is 11.6 Å². The molecule has 0 saturated heterocycles. The molecule has 3 aromatic heterocycles. The van der Waals surface area contributed by atoms with E-state index in [1.54, 1.807) is 28.0 Å². The molecule has 0 atom stereocenters. The van der Waals surface area contributed by atoms with Crippen LogP contribution in [-0.2, 0) is 13.5 Å². The molecule has 0 amide bonds. The minimum Gasteiger partial charge on any atom is -0.463 e. The van der Waals surface area contributed by atoms with E-state index in [4.69, 9.17) is 16.3 Å². The quantitative estimate of drug-likeness (QED) is 0.510. The smallest absolute Gasteiger partial charge is 0.316 e. The highest BCUT2D eigenvalue weighted by molar-refractivity contribution is 6.30. The van der Waals surface area contributed by atoms with E-state index < -0.39 is 0 Å². The summed E-state index contributed by atoms with van der Waals surface area (Å²) in [5.74, 6) is 0.722. The van der Waals surface area contributed by atoms with E-state index in [0.717, 1.165) is 22.8 Å². The first-order chi connectivity index (χ1) is 13.2. The van der Waals surface area contributed by atoms with Gasteiger partial charge in [-0.15, -0.1) is 5.10 Å². The van der Waals surface area contributed by atoms with Crippen LogP contribution in [0.1, 0.15) is 5.69 Å². The summed E-state index contributed by atoms with van der Waals surface area (Å²) in [7, 11) is 1.86. The minimum absolute atomic E-state index is 0.413. The third-order valence-electron chi connectivity index (χ3n) is 3.94. The molecule has 0 aliphatic rings. The van der Waals surface area contributed by atoms with E-state index in [2.05, 4.69) is 25.4 Å². The molecule has 4 aromatic rings. The molecule has 0 spiro atoms. The predicted molar refractivity (Wildman–Crippen MR) is 99.8 cm³/mol. The van der Waals surface area contributed by atoms with Gasteiger partial charge in [-0.1, -0.05) is 22.8 Å². The fraction of sp³-hybridized carbons (Fsp3) is 0.167. The molecule has 3 heterocycles. The Balaban J connectivity index is 1.39. The number of benzene rings is 1. The third kappa shape index (κ3) is 3.80. The van der Waals surface area contributed by atoms with Gasteiger partial charge in [-0.25, -0.2) is 0 Å². The number of nitrogens with zero attached hydrogens (tertiary/aromatic N) is 7. The Bertz CT molecular complexity index is 1040. The Morgan fingerprint density at radius 2 is 1.96 bits per heavy atom. The molecule has 1 aromatic carbocycles. The molecule has 8 nitrogen and oxygen atoms in total. The summed E-state index contributed by atoms with van der Waals surface area (Å²) in [6.45, 7) is 0.413. The average molecular weight is 382 g/mol. The van der Waals surface area contributed by atoms with Crippen LogP contribution >= 0.6 is 11.6 Å². The van der Waals surface area contributed by atoms with Crippen molar-refractivity contribution in [2.75, 3.05) is 6.61 Å². The van der Waals surface area contributed by atoms with E-state index in [9.17, 15) is 0 Å². The lowest BCUT2D eigenvalue weighted by Gasteiger charge is -2.05. The Hall–Kier alpha value is -3.26. The summed E-state index contributed by atoms with van der Waals surface area (Å²) < 4.78 is 7.56. The maximum absolute atomic E-state index is 6.01. The fourth-order valence-electron chi connectivity index (χ4n) is 2.57. The van der Waals surface area contributed by atoms with Crippen LogP contribution in [0.2, 0.25) is 5.02 Å². The van der Waals surface area contributed by atoms with Gasteiger partial charge in [-0.05, 0) is 30.3 Å². The highest BCUT2D eigenvalue weighted by Crippen LogP contribution is 2.19. The highest BCUT2D eigenvalue weighted by Gasteiger charge is 2.12. The van der Waals surface area contributed by atoms with Crippen LogP contribution in [0, 0.1) is 0 Å². The van der Waals surface area contributed by atoms with Crippen LogP contribution in [0.3, 0.4) is 0 Å². The van der Waals surface area contributed by atoms with Crippen LogP contribution in [-0.4, -0.2) is 41.3 Å². The normalized spacial score (nSPS) is 10.9. The van der Waals surface area contributed by atoms with E-state index >= 15 is 0 Å². The number of halogens is 1. The monoisotopic (exact) mass is 381 g/mol. The molecule has 0 radical (unpaired) electrons. The molecular formula is C18H16ClN7O. The second-order valence-electron chi connectivity index (χ2n) is 5.80. The first kappa shape index (κ1) is 17.2. The zero-order valence-corrected chi connectivity index (χ0v) is 15.3. The fourth-order valence-corrected chi connectivity index (χ4v) is 2.76. The van der Waals surface area contributed by atoms with Gasteiger partial charge in [0.05, 0.1) is 24.2 Å². The van der Waals surface area contributed by atoms with Crippen molar-refractivity contribution in [3.8, 4) is 23.1 Å². The van der Waals surface area contributed by atoms with Crippen LogP contribution < -0.4 is 4.74 Å². The lowest BCUT2D eigenvalue weighted by molar-refractivity contribution is 0.284. The zero-order valence-electron chi connectivity index (χ0n) is 14.5. The summed E-state index contributed by atoms with van der Waals surface area (Å²) >= 11 is 6.01. The molecule has 4 rings (SSSR count). The van der Waals surface area contributed by atoms with Crippen molar-refractivity contribution in [2.24, 2.45) is 7.05 Å². The summed E-state index contributed by atoms with van der Waals surface area (Å²) in [5, 5.41) is 17.6. The van der Waals surface area contributed by atoms with Crippen LogP contribution in [0.5, 0.6) is 6.01 Å². The van der Waals surface area contributed by atoms with Gasteiger partial charge in [0.2, 0.25) is 0 Å². The van der Waals surface area contributed by atoms with Crippen LogP contribution in [0.15, 0.2) is 55.0 Å². The molecule has 136 valence electrons. The maximum Gasteiger partial charge on any atom is 0.316 e. The Kier molecular flexibility index (Phi) is 4.80. The van der Waals surface area contributed by atoms with Crippen LogP contribution in [0.25, 0.3) is 17.1 Å². The standard InChI is InChI=1S/C18H16ClN7O/c1-25-17(13-5-8-20-9-6-13)22-23-18(25)27-10-7-15-12-21-26(24-15)16-4-2-3-14(19)11-16/h2-6,8-9,11-12H,7,10H2,1H3. The number of pyridine rings is 1. The second kappa shape index (κ2) is 7.55. The predicted octanol–water partition coefficient (Wildman–Crippen LogP) is 2.73. The van der Waals surface area contributed by atoms with Gasteiger partial charge in [0.1, 0.15) is 0 Å². The van der Waals surface area contributed by atoms with Gasteiger partial charge in [0.25, 0.3) is 0 Å². The van der Waals surface area contributed by atoms with E-state index in [0.29, 0.717) is 24.1 Å². The average Bonchev–Trinajstić information content (AvgIpc) is 3.30. The van der Waals surface area contributed by atoms with Gasteiger partial charge >= 0.3 is 6.01 Å². The topological polar surface area (TPSA) is 83.5 Å². The molecule has 0 aliphatic heterocycles. The van der Waals surface area contributed by atoms with Crippen molar-refractivity contribution in [3.63, 3.8) is 0 Å². The number of hydrogen-bond acceptors (Lipinski definition) is 6. The molecule has 0 saturated carbocycles. The summed E-state index contributed by atoms with van der Waals surface area (Å²) in [5.41, 5.74) is 2.55. The van der Waals surface area contributed by atoms with Crippen molar-refractivity contribution in [1.29, 1.82) is 0 Å². The van der Waals surface area contributed by atoms with Crippen molar-refractivity contribution in [2.45, 2.75) is 6.42 Å². The van der Waals surface area contributed by atoms with Crippen molar-refractivity contribution in [1.82, 2.24) is 34.7 Å². The number of hydrogen-bond donors (Lipinski definition) is 0. The second-order valence-corrected chi connectivity index (χ2v) is 6.24. The van der Waals surface area contributed by atoms with Gasteiger partial charge in [0, 0.05) is 36.4 Å². The van der Waals surface area contributed by atoms with Gasteiger partial charge in [-0.3, -0.25) is 9.55 Å². The summed E-state index contributed by atoms with van der Waals surface area (Å²) in [4.78, 5) is 5.56. The van der Waals surface area contributed by atoms with Gasteiger partial charge in [0.15, 0.2) is 5.82 Å². The minimum atomic E-state index is 0.413. The Morgan fingerprint density at radius 1 is 1.11 bits per heavy atom. The number of rotatable bonds is 6. The summed E-state index contributed by atoms with van der Waals surface area (Å²) in [6.07, 6.45) is 5.74. The number of ether oxygens (including phenoxy) is 1. The van der Waals surface area contributed by atoms with Crippen molar-refractivity contribution < 1.29 is 4.74 Å². The lowest BCUT2D eigenvalue weighted by Crippen LogP contribution is -2.07. The molecular weight excluding hydrogens is 366 g/mol. The molecule has 0 N–H and O–H groups in total. The Morgan fingerprint density at radius 3 is 2.78 bits per heavy atom. The molecule has 27 heavy (non-hydrogen) atoms. The molecule has 0 fully saturated rings. The van der Waals surface area contributed by atoms with Crippen LogP contribution in [0.4, 0.5) is 0 Å². The largest absolute Gasteiger partial charge is 0.463 e.